The summed E-state index contributed by atoms with van der Waals surface area (Å²) in [5.74, 6) is 1.63. The van der Waals surface area contributed by atoms with Gasteiger partial charge >= 0.3 is 0 Å². The average molecular weight is 551 g/mol. The molecule has 3 heterocycles. The van der Waals surface area contributed by atoms with Crippen molar-refractivity contribution in [2.24, 2.45) is 0 Å². The molecule has 1 aliphatic rings. The Balaban J connectivity index is 1.63. The number of fused-ring (bicyclic) bond motifs is 1. The van der Waals surface area contributed by atoms with Crippen LogP contribution in [0.25, 0.3) is 22.3 Å². The van der Waals surface area contributed by atoms with Crippen LogP contribution in [0.3, 0.4) is 0 Å². The van der Waals surface area contributed by atoms with Gasteiger partial charge in [-0.15, -0.1) is 0 Å². The normalized spacial score (nSPS) is 14.8. The van der Waals surface area contributed by atoms with Crippen molar-refractivity contribution in [2.45, 2.75) is 24.3 Å². The Bertz CT molecular complexity index is 1050. The summed E-state index contributed by atoms with van der Waals surface area (Å²) >= 11 is 2.37. The molecule has 1 fully saturated rings. The molecule has 4 rings (SSSR count). The van der Waals surface area contributed by atoms with Gasteiger partial charge in [-0.25, -0.2) is 4.98 Å². The fourth-order valence-electron chi connectivity index (χ4n) is 3.79. The van der Waals surface area contributed by atoms with Crippen LogP contribution in [-0.4, -0.2) is 67.4 Å². The highest BCUT2D eigenvalue weighted by molar-refractivity contribution is 14.1. The minimum absolute atomic E-state index is 0.229. The van der Waals surface area contributed by atoms with Crippen molar-refractivity contribution < 1.29 is 13.9 Å². The highest BCUT2D eigenvalue weighted by Gasteiger charge is 2.17. The highest BCUT2D eigenvalue weighted by Crippen LogP contribution is 2.36. The van der Waals surface area contributed by atoms with Gasteiger partial charge < -0.3 is 24.5 Å². The minimum atomic E-state index is 0.229. The van der Waals surface area contributed by atoms with Gasteiger partial charge in [-0.3, -0.25) is 4.90 Å². The molecular formula is C23H30IN5O3. The number of rotatable bonds is 9. The van der Waals surface area contributed by atoms with Gasteiger partial charge in [0.2, 0.25) is 0 Å². The van der Waals surface area contributed by atoms with E-state index in [2.05, 4.69) is 43.1 Å². The number of benzene rings is 1. The molecule has 3 aromatic rings. The quantitative estimate of drug-likeness (QED) is 0.306. The fourth-order valence-corrected chi connectivity index (χ4v) is 4.52. The first kappa shape index (κ1) is 23.1. The molecule has 0 spiro atoms. The zero-order valence-electron chi connectivity index (χ0n) is 18.8. The average Bonchev–Trinajstić information content (AvgIpc) is 3.26. The third kappa shape index (κ3) is 5.26. The van der Waals surface area contributed by atoms with Gasteiger partial charge in [-0.05, 0) is 26.0 Å². The Hall–Kier alpha value is -2.11. The number of ether oxygens (including phenoxy) is 2. The molecule has 0 aliphatic carbocycles. The number of methoxy groups -OCH3 is 1. The Labute approximate surface area is 202 Å². The van der Waals surface area contributed by atoms with Gasteiger partial charge in [0.15, 0.2) is 0 Å². The van der Waals surface area contributed by atoms with E-state index < -0.39 is 0 Å². The first-order valence-electron chi connectivity index (χ1n) is 10.9. The third-order valence-electron chi connectivity index (χ3n) is 5.41. The number of oxazole rings is 1. The van der Waals surface area contributed by atoms with Gasteiger partial charge in [0.1, 0.15) is 30.1 Å². The zero-order valence-corrected chi connectivity index (χ0v) is 20.9. The summed E-state index contributed by atoms with van der Waals surface area (Å²) in [6.07, 6.45) is 1.62. The second kappa shape index (κ2) is 10.7. The molecule has 1 aliphatic heterocycles. The molecule has 0 bridgehead atoms. The predicted molar refractivity (Wildman–Crippen MR) is 135 cm³/mol. The largest absolute Gasteiger partial charge is 0.496 e. The lowest BCUT2D eigenvalue weighted by molar-refractivity contribution is 0.191. The van der Waals surface area contributed by atoms with E-state index in [-0.39, 0.29) is 6.04 Å². The molecule has 8 nitrogen and oxygen atoms in total. The molecule has 0 unspecified atom stereocenters. The molecule has 172 valence electrons. The van der Waals surface area contributed by atoms with E-state index in [4.69, 9.17) is 18.9 Å². The summed E-state index contributed by atoms with van der Waals surface area (Å²) in [6, 6.07) is 6.66. The van der Waals surface area contributed by atoms with Gasteiger partial charge in [0.05, 0.1) is 18.3 Å². The maximum absolute atomic E-state index is 6.21. The standard InChI is InChI=1S/C23H30IN5O3/c1-15(2)26-23-28-19(14-32-23)18-12-21(30-3)16-4-5-20(17(13-24)22(16)27-18)31-11-10-29-8-6-25-7-9-29/h4-5,12,14-15,25H,6-11,13H2,1-3H3,(H,26,28). The zero-order chi connectivity index (χ0) is 22.5. The van der Waals surface area contributed by atoms with Crippen molar-refractivity contribution in [3.63, 3.8) is 0 Å². The Kier molecular flexibility index (Phi) is 7.69. The molecule has 0 amide bonds. The Morgan fingerprint density at radius 2 is 2.00 bits per heavy atom. The number of nitrogens with zero attached hydrogens (tertiary/aromatic N) is 3. The second-order valence-electron chi connectivity index (χ2n) is 8.06. The molecule has 0 atom stereocenters. The molecule has 1 aromatic carbocycles. The molecule has 2 aromatic heterocycles. The summed E-state index contributed by atoms with van der Waals surface area (Å²) < 4.78 is 18.2. The van der Waals surface area contributed by atoms with Crippen LogP contribution in [0.1, 0.15) is 19.4 Å². The van der Waals surface area contributed by atoms with Gasteiger partial charge in [-0.1, -0.05) is 22.6 Å². The van der Waals surface area contributed by atoms with Crippen LogP contribution in [-0.2, 0) is 4.43 Å². The summed E-state index contributed by atoms with van der Waals surface area (Å²) in [5.41, 5.74) is 3.30. The molecule has 0 saturated carbocycles. The van der Waals surface area contributed by atoms with E-state index in [1.807, 2.05) is 32.0 Å². The van der Waals surface area contributed by atoms with Gasteiger partial charge in [0.25, 0.3) is 6.01 Å². The van der Waals surface area contributed by atoms with Gasteiger partial charge in [-0.2, -0.15) is 4.98 Å². The van der Waals surface area contributed by atoms with Crippen LogP contribution in [0.2, 0.25) is 0 Å². The maximum Gasteiger partial charge on any atom is 0.295 e. The molecule has 9 heteroatoms. The van der Waals surface area contributed by atoms with Crippen molar-refractivity contribution in [1.29, 1.82) is 0 Å². The van der Waals surface area contributed by atoms with E-state index in [1.165, 1.54) is 0 Å². The van der Waals surface area contributed by atoms with Crippen LogP contribution in [0.5, 0.6) is 11.5 Å². The number of nitrogens with one attached hydrogen (secondary N) is 2. The number of halogens is 1. The van der Waals surface area contributed by atoms with Crippen LogP contribution in [0.4, 0.5) is 6.01 Å². The number of aromatic nitrogens is 2. The smallest absolute Gasteiger partial charge is 0.295 e. The summed E-state index contributed by atoms with van der Waals surface area (Å²) in [5, 5.41) is 7.52. The number of hydrogen-bond donors (Lipinski definition) is 2. The molecule has 32 heavy (non-hydrogen) atoms. The van der Waals surface area contributed by atoms with E-state index in [9.17, 15) is 0 Å². The second-order valence-corrected chi connectivity index (χ2v) is 8.82. The van der Waals surface area contributed by atoms with Crippen LogP contribution < -0.4 is 20.1 Å². The molecular weight excluding hydrogens is 521 g/mol. The monoisotopic (exact) mass is 551 g/mol. The molecule has 1 saturated heterocycles. The van der Waals surface area contributed by atoms with Crippen LogP contribution in [0, 0.1) is 0 Å². The number of pyridine rings is 1. The highest BCUT2D eigenvalue weighted by atomic mass is 127. The lowest BCUT2D eigenvalue weighted by atomic mass is 10.1. The third-order valence-corrected chi connectivity index (χ3v) is 6.18. The van der Waals surface area contributed by atoms with Crippen molar-refractivity contribution in [3.05, 3.63) is 30.0 Å². The lowest BCUT2D eigenvalue weighted by Crippen LogP contribution is -2.44. The number of piperazine rings is 1. The predicted octanol–water partition coefficient (Wildman–Crippen LogP) is 3.94. The first-order valence-corrected chi connectivity index (χ1v) is 12.5. The van der Waals surface area contributed by atoms with Gasteiger partial charge in [0, 0.05) is 60.2 Å². The summed E-state index contributed by atoms with van der Waals surface area (Å²) in [7, 11) is 1.68. The topological polar surface area (TPSA) is 84.7 Å². The van der Waals surface area contributed by atoms with Crippen LogP contribution >= 0.6 is 22.6 Å². The Morgan fingerprint density at radius 1 is 1.19 bits per heavy atom. The fraction of sp³-hybridized carbons (Fsp3) is 0.478. The SMILES string of the molecule is COc1cc(-c2coc(NC(C)C)n2)nc2c(CI)c(OCCN3CCNCC3)ccc12. The van der Waals surface area contributed by atoms with E-state index in [1.54, 1.807) is 13.4 Å². The number of hydrogen-bond acceptors (Lipinski definition) is 8. The van der Waals surface area contributed by atoms with E-state index >= 15 is 0 Å². The molecule has 2 N–H and O–H groups in total. The van der Waals surface area contributed by atoms with Crippen molar-refractivity contribution in [3.8, 4) is 22.9 Å². The van der Waals surface area contributed by atoms with Crippen molar-refractivity contribution in [1.82, 2.24) is 20.2 Å². The minimum Gasteiger partial charge on any atom is -0.496 e. The maximum atomic E-state index is 6.21. The van der Waals surface area contributed by atoms with Crippen LogP contribution in [0.15, 0.2) is 28.9 Å². The van der Waals surface area contributed by atoms with Crippen molar-refractivity contribution in [2.75, 3.05) is 51.8 Å². The van der Waals surface area contributed by atoms with E-state index in [0.717, 1.165) is 65.1 Å². The first-order chi connectivity index (χ1) is 15.6. The summed E-state index contributed by atoms with van der Waals surface area (Å²) in [6.45, 7) is 9.85. The summed E-state index contributed by atoms with van der Waals surface area (Å²) in [4.78, 5) is 11.9. The molecule has 0 radical (unpaired) electrons. The lowest BCUT2D eigenvalue weighted by Gasteiger charge is -2.27. The van der Waals surface area contributed by atoms with E-state index in [0.29, 0.717) is 24.0 Å². The number of anilines is 1. The number of alkyl halides is 1. The Morgan fingerprint density at radius 3 is 2.72 bits per heavy atom. The van der Waals surface area contributed by atoms with Crippen molar-refractivity contribution >= 4 is 39.5 Å².